The largest absolute Gasteiger partial charge is 0.492 e. The van der Waals surface area contributed by atoms with Gasteiger partial charge < -0.3 is 14.8 Å². The van der Waals surface area contributed by atoms with Gasteiger partial charge >= 0.3 is 12.0 Å². The normalized spacial score (nSPS) is 14.2. The van der Waals surface area contributed by atoms with Crippen molar-refractivity contribution in [2.45, 2.75) is 66.0 Å². The summed E-state index contributed by atoms with van der Waals surface area (Å²) in [6.45, 7) is 11.4. The fraction of sp³-hybridized carbons (Fsp3) is 0.419. The fourth-order valence-electron chi connectivity index (χ4n) is 4.36. The highest BCUT2D eigenvalue weighted by atomic mass is 35.5. The zero-order valence-corrected chi connectivity index (χ0v) is 24.9. The molecule has 216 valence electrons. The predicted octanol–water partition coefficient (Wildman–Crippen LogP) is 6.28. The molecule has 3 aromatic rings. The summed E-state index contributed by atoms with van der Waals surface area (Å²) in [5, 5.41) is 8.03. The van der Waals surface area contributed by atoms with E-state index in [2.05, 4.69) is 16.3 Å². The highest BCUT2D eigenvalue weighted by Gasteiger charge is 2.40. The quantitative estimate of drug-likeness (QED) is 0.331. The van der Waals surface area contributed by atoms with Crippen molar-refractivity contribution in [1.29, 1.82) is 0 Å². The Kier molecular flexibility index (Phi) is 8.36. The zero-order valence-electron chi connectivity index (χ0n) is 24.2. The molecule has 1 unspecified atom stereocenters. The molecule has 0 radical (unpaired) electrons. The maximum Gasteiger partial charge on any atom is 0.435 e. The molecule has 1 aliphatic carbocycles. The van der Waals surface area contributed by atoms with Gasteiger partial charge in [0.1, 0.15) is 17.4 Å². The SMILES string of the molecule is C#CC(=O)N(c1ccc(OCC2CC2)c(Cl)c1)C(C(=O)Nc1ccc2cnn(C(=O)OC(C)(C)C)c2c1)C(C)(C)C. The molecule has 1 aromatic heterocycles. The highest BCUT2D eigenvalue weighted by molar-refractivity contribution is 6.32. The van der Waals surface area contributed by atoms with E-state index >= 15 is 0 Å². The molecule has 0 bridgehead atoms. The number of anilines is 2. The second-order valence-electron chi connectivity index (χ2n) is 12.3. The Bertz CT molecular complexity index is 1520. The molecule has 1 aliphatic rings. The minimum absolute atomic E-state index is 0.312. The number of aromatic nitrogens is 2. The standard InChI is InChI=1S/C31H35ClN4O5/c1-8-26(37)35(22-13-14-25(23(32)16-22)40-18-19-9-10-19)27(30(2,3)4)28(38)34-21-12-11-20-17-33-36(24(20)15-21)29(39)41-31(5,6)7/h1,11-17,19,27H,9-10,18H2,2-7H3,(H,34,38). The van der Waals surface area contributed by atoms with Gasteiger partial charge in [0.05, 0.1) is 23.3 Å². The van der Waals surface area contributed by atoms with Crippen LogP contribution in [0.5, 0.6) is 5.75 Å². The molecule has 0 spiro atoms. The lowest BCUT2D eigenvalue weighted by molar-refractivity contribution is -0.123. The van der Waals surface area contributed by atoms with E-state index in [0.717, 1.165) is 17.5 Å². The molecule has 2 amide bonds. The monoisotopic (exact) mass is 578 g/mol. The number of carbonyl (C=O) groups is 3. The topological polar surface area (TPSA) is 103 Å². The van der Waals surface area contributed by atoms with Gasteiger partial charge in [-0.2, -0.15) is 9.78 Å². The van der Waals surface area contributed by atoms with E-state index in [1.165, 1.54) is 11.1 Å². The van der Waals surface area contributed by atoms with Crippen LogP contribution in [0.15, 0.2) is 42.6 Å². The molecule has 1 atom stereocenters. The lowest BCUT2D eigenvalue weighted by atomic mass is 9.84. The Morgan fingerprint density at radius 3 is 2.44 bits per heavy atom. The Morgan fingerprint density at radius 1 is 1.15 bits per heavy atom. The first-order chi connectivity index (χ1) is 19.2. The Morgan fingerprint density at radius 2 is 1.85 bits per heavy atom. The number of terminal acetylenes is 1. The number of carbonyl (C=O) groups excluding carboxylic acids is 3. The van der Waals surface area contributed by atoms with Gasteiger partial charge in [0.2, 0.25) is 5.91 Å². The van der Waals surface area contributed by atoms with E-state index in [1.54, 1.807) is 57.2 Å². The van der Waals surface area contributed by atoms with Crippen LogP contribution in [0, 0.1) is 23.7 Å². The highest BCUT2D eigenvalue weighted by Crippen LogP contribution is 2.36. The molecule has 2 aromatic carbocycles. The van der Waals surface area contributed by atoms with Crippen molar-refractivity contribution in [1.82, 2.24) is 9.78 Å². The van der Waals surface area contributed by atoms with Crippen LogP contribution in [0.4, 0.5) is 16.2 Å². The van der Waals surface area contributed by atoms with Crippen LogP contribution < -0.4 is 15.0 Å². The fourth-order valence-corrected chi connectivity index (χ4v) is 4.59. The van der Waals surface area contributed by atoms with Crippen molar-refractivity contribution in [2.24, 2.45) is 11.3 Å². The maximum absolute atomic E-state index is 13.9. The lowest BCUT2D eigenvalue weighted by Gasteiger charge is -2.38. The van der Waals surface area contributed by atoms with Gasteiger partial charge in [-0.05, 0) is 87.3 Å². The van der Waals surface area contributed by atoms with Crippen molar-refractivity contribution < 1.29 is 23.9 Å². The second-order valence-corrected chi connectivity index (χ2v) is 12.7. The number of halogens is 1. The van der Waals surface area contributed by atoms with Crippen LogP contribution >= 0.6 is 11.6 Å². The first-order valence-electron chi connectivity index (χ1n) is 13.4. The zero-order chi connectivity index (χ0) is 30.1. The molecule has 41 heavy (non-hydrogen) atoms. The van der Waals surface area contributed by atoms with Gasteiger partial charge in [-0.1, -0.05) is 32.4 Å². The predicted molar refractivity (Wildman–Crippen MR) is 159 cm³/mol. The Hall–Kier alpha value is -4.03. The van der Waals surface area contributed by atoms with E-state index in [9.17, 15) is 14.4 Å². The third kappa shape index (κ3) is 7.19. The Labute approximate surface area is 245 Å². The number of amides is 2. The number of rotatable bonds is 7. The first-order valence-corrected chi connectivity index (χ1v) is 13.8. The number of fused-ring (bicyclic) bond motifs is 1. The van der Waals surface area contributed by atoms with E-state index in [-0.39, 0.29) is 0 Å². The first kappa shape index (κ1) is 29.9. The molecule has 10 heteroatoms. The summed E-state index contributed by atoms with van der Waals surface area (Å²) in [5.74, 6) is 2.02. The van der Waals surface area contributed by atoms with Crippen LogP contribution in [-0.4, -0.2) is 45.9 Å². The van der Waals surface area contributed by atoms with Gasteiger partial charge in [0.15, 0.2) is 0 Å². The summed E-state index contributed by atoms with van der Waals surface area (Å²) in [6.07, 6.45) is 8.73. The van der Waals surface area contributed by atoms with Gasteiger partial charge in [0, 0.05) is 16.8 Å². The molecule has 1 fully saturated rings. The summed E-state index contributed by atoms with van der Waals surface area (Å²) in [6, 6.07) is 8.96. The van der Waals surface area contributed by atoms with Crippen LogP contribution in [0.2, 0.25) is 5.02 Å². The molecule has 1 N–H and O–H groups in total. The minimum atomic E-state index is -1.02. The molecule has 1 saturated carbocycles. The third-order valence-corrected chi connectivity index (χ3v) is 6.73. The summed E-state index contributed by atoms with van der Waals surface area (Å²) < 4.78 is 12.4. The third-order valence-electron chi connectivity index (χ3n) is 6.44. The second kappa shape index (κ2) is 11.5. The molecule has 1 heterocycles. The van der Waals surface area contributed by atoms with Gasteiger partial charge in [-0.3, -0.25) is 14.5 Å². The minimum Gasteiger partial charge on any atom is -0.492 e. The van der Waals surface area contributed by atoms with Gasteiger partial charge in [-0.25, -0.2) is 4.79 Å². The van der Waals surface area contributed by atoms with Gasteiger partial charge in [-0.15, -0.1) is 6.42 Å². The van der Waals surface area contributed by atoms with Crippen LogP contribution in [0.1, 0.15) is 54.4 Å². The molecule has 4 rings (SSSR count). The summed E-state index contributed by atoms with van der Waals surface area (Å²) in [7, 11) is 0. The van der Waals surface area contributed by atoms with Crippen molar-refractivity contribution in [3.8, 4) is 18.1 Å². The van der Waals surface area contributed by atoms with E-state index in [0.29, 0.717) is 45.6 Å². The van der Waals surface area contributed by atoms with Crippen molar-refractivity contribution in [3.63, 3.8) is 0 Å². The number of hydrogen-bond donors (Lipinski definition) is 1. The van der Waals surface area contributed by atoms with Crippen LogP contribution in [-0.2, 0) is 14.3 Å². The summed E-state index contributed by atoms with van der Waals surface area (Å²) in [5.41, 5.74) is -0.234. The van der Waals surface area contributed by atoms with Crippen molar-refractivity contribution in [3.05, 3.63) is 47.6 Å². The van der Waals surface area contributed by atoms with E-state index in [1.807, 2.05) is 20.8 Å². The van der Waals surface area contributed by atoms with Crippen molar-refractivity contribution >= 4 is 51.8 Å². The summed E-state index contributed by atoms with van der Waals surface area (Å²) >= 11 is 6.52. The number of hydrogen-bond acceptors (Lipinski definition) is 6. The summed E-state index contributed by atoms with van der Waals surface area (Å²) in [4.78, 5) is 41.0. The molecule has 9 nitrogen and oxygen atoms in total. The number of ether oxygens (including phenoxy) is 2. The molecule has 0 aliphatic heterocycles. The van der Waals surface area contributed by atoms with Gasteiger partial charge in [0.25, 0.3) is 0 Å². The number of benzene rings is 2. The lowest BCUT2D eigenvalue weighted by Crippen LogP contribution is -2.54. The van der Waals surface area contributed by atoms with Crippen molar-refractivity contribution in [2.75, 3.05) is 16.8 Å². The van der Waals surface area contributed by atoms with Crippen LogP contribution in [0.25, 0.3) is 10.9 Å². The average Bonchev–Trinajstić information content (AvgIpc) is 3.60. The maximum atomic E-state index is 13.9. The van der Waals surface area contributed by atoms with E-state index < -0.39 is 35.0 Å². The number of nitrogens with zero attached hydrogens (tertiary/aromatic N) is 3. The molecular weight excluding hydrogens is 544 g/mol. The molecule has 0 saturated heterocycles. The smallest absolute Gasteiger partial charge is 0.435 e. The Balaban J connectivity index is 1.65. The average molecular weight is 579 g/mol. The van der Waals surface area contributed by atoms with Crippen LogP contribution in [0.3, 0.4) is 0 Å². The molecular formula is C31H35ClN4O5. The number of nitrogens with one attached hydrogen (secondary N) is 1. The van der Waals surface area contributed by atoms with E-state index in [4.69, 9.17) is 27.5 Å².